The molecule has 4 fully saturated rings. The number of piperidine rings is 2. The molecule has 5 aliphatic heterocycles. The molecule has 3 aromatic rings. The summed E-state index contributed by atoms with van der Waals surface area (Å²) in [5, 5.41) is 22.5. The molecule has 2 aromatic carbocycles. The number of piperazine rings is 1. The maximum Gasteiger partial charge on any atom is 0.343 e. The Morgan fingerprint density at radius 3 is 2.25 bits per heavy atom. The fourth-order valence-corrected chi connectivity index (χ4v) is 8.39. The Kier molecular flexibility index (Phi) is 9.32. The number of hydrazine groups is 1. The van der Waals surface area contributed by atoms with Gasteiger partial charge in [0.05, 0.1) is 29.1 Å². The lowest BCUT2D eigenvalue weighted by Crippen LogP contribution is -2.58. The van der Waals surface area contributed by atoms with E-state index in [-0.39, 0.29) is 35.4 Å². The van der Waals surface area contributed by atoms with Gasteiger partial charge in [0.25, 0.3) is 11.8 Å². The Balaban J connectivity index is 0.796. The number of aromatic hydroxyl groups is 1. The van der Waals surface area contributed by atoms with Crippen molar-refractivity contribution in [3.05, 3.63) is 59.4 Å². The highest BCUT2D eigenvalue weighted by atomic mass is 19.1. The number of nitrogens with one attached hydrogen (secondary N) is 1. The van der Waals surface area contributed by atoms with Crippen molar-refractivity contribution < 1.29 is 28.7 Å². The van der Waals surface area contributed by atoms with Gasteiger partial charge in [0.2, 0.25) is 5.91 Å². The van der Waals surface area contributed by atoms with Crippen LogP contribution >= 0.6 is 0 Å². The molecular weight excluding hydrogens is 683 g/mol. The van der Waals surface area contributed by atoms with Gasteiger partial charge in [0.1, 0.15) is 11.6 Å². The average molecular weight is 727 g/mol. The van der Waals surface area contributed by atoms with Crippen molar-refractivity contribution in [2.45, 2.75) is 38.1 Å². The monoisotopic (exact) mass is 726 g/mol. The highest BCUT2D eigenvalue weighted by molar-refractivity contribution is 6.22. The number of rotatable bonds is 7. The van der Waals surface area contributed by atoms with Crippen molar-refractivity contribution in [2.24, 2.45) is 5.92 Å². The summed E-state index contributed by atoms with van der Waals surface area (Å²) in [5.74, 6) is -1.12. The summed E-state index contributed by atoms with van der Waals surface area (Å²) in [7, 11) is 0. The van der Waals surface area contributed by atoms with Crippen molar-refractivity contribution in [2.75, 3.05) is 81.0 Å². The Morgan fingerprint density at radius 2 is 1.51 bits per heavy atom. The number of halogens is 1. The number of amides is 5. The molecule has 53 heavy (non-hydrogen) atoms. The van der Waals surface area contributed by atoms with Crippen LogP contribution < -0.4 is 20.9 Å². The summed E-state index contributed by atoms with van der Waals surface area (Å²) >= 11 is 0. The number of nitrogens with zero attached hydrogens (tertiary/aromatic N) is 8. The number of nitrogens with two attached hydrogens (primary N) is 1. The number of carbonyl (C=O) groups is 4. The highest BCUT2D eigenvalue weighted by Gasteiger charge is 2.43. The van der Waals surface area contributed by atoms with Crippen LogP contribution in [0.2, 0.25) is 0 Å². The molecule has 4 N–H and O–H groups in total. The molecule has 0 aliphatic carbocycles. The van der Waals surface area contributed by atoms with Crippen LogP contribution in [0.15, 0.2) is 42.5 Å². The molecule has 0 radical (unpaired) electrons. The molecule has 0 unspecified atom stereocenters. The number of hydrogen-bond acceptors (Lipinski definition) is 12. The molecule has 0 atom stereocenters. The van der Waals surface area contributed by atoms with E-state index in [1.165, 1.54) is 18.2 Å². The topological polar surface area (TPSA) is 172 Å². The van der Waals surface area contributed by atoms with E-state index in [2.05, 4.69) is 35.1 Å². The van der Waals surface area contributed by atoms with Crippen molar-refractivity contribution in [3.8, 4) is 17.0 Å². The first-order valence-corrected chi connectivity index (χ1v) is 18.4. The SMILES string of the molecule is Nc1nnc(-c2cc(F)ccc2O)cc1N1CCN(CC2CCN(C3CCN(c4ccc5c(c4)C(=O)N(N4CCC(=O)NC4=O)C5=O)CC3)CC2)CC1. The predicted molar refractivity (Wildman–Crippen MR) is 193 cm³/mol. The van der Waals surface area contributed by atoms with E-state index in [9.17, 15) is 28.7 Å². The molecule has 5 aliphatic rings. The maximum absolute atomic E-state index is 13.9. The van der Waals surface area contributed by atoms with Crippen molar-refractivity contribution in [3.63, 3.8) is 0 Å². The third kappa shape index (κ3) is 6.83. The first-order valence-electron chi connectivity index (χ1n) is 18.4. The summed E-state index contributed by atoms with van der Waals surface area (Å²) in [6, 6.07) is 10.6. The minimum Gasteiger partial charge on any atom is -0.507 e. The Bertz CT molecular complexity index is 1940. The van der Waals surface area contributed by atoms with Gasteiger partial charge in [-0.15, -0.1) is 10.2 Å². The lowest BCUT2D eigenvalue weighted by Gasteiger charge is -2.43. The van der Waals surface area contributed by atoms with Gasteiger partial charge in [-0.2, -0.15) is 5.01 Å². The first kappa shape index (κ1) is 34.7. The van der Waals surface area contributed by atoms with Gasteiger partial charge in [-0.1, -0.05) is 0 Å². The fourth-order valence-electron chi connectivity index (χ4n) is 8.39. The second-order valence-electron chi connectivity index (χ2n) is 14.5. The molecule has 0 bridgehead atoms. The van der Waals surface area contributed by atoms with Gasteiger partial charge in [-0.25, -0.2) is 14.2 Å². The molecule has 1 aromatic heterocycles. The maximum atomic E-state index is 13.9. The van der Waals surface area contributed by atoms with Gasteiger partial charge >= 0.3 is 6.03 Å². The van der Waals surface area contributed by atoms with Crippen LogP contribution in [0.3, 0.4) is 0 Å². The largest absolute Gasteiger partial charge is 0.507 e. The Labute approximate surface area is 306 Å². The van der Waals surface area contributed by atoms with Crippen molar-refractivity contribution in [1.82, 2.24) is 35.3 Å². The molecule has 4 saturated heterocycles. The van der Waals surface area contributed by atoms with Gasteiger partial charge in [0, 0.05) is 69.5 Å². The second-order valence-corrected chi connectivity index (χ2v) is 14.5. The standard InChI is InChI=1S/C37H43FN10O5/c38-24-1-4-32(49)29(19-24)30-21-31(34(39)42-41-30)46-17-15-43(16-18-46)22-23-5-10-44(11-6-23)25-7-12-45(13-8-25)26-2-3-27-28(20-26)36(52)48(35(27)51)47-14-9-33(50)40-37(47)53/h1-4,19-21,23,25,49H,5-18,22H2,(H2,39,42)(H,40,50,53). The lowest BCUT2D eigenvalue weighted by molar-refractivity contribution is -0.122. The summed E-state index contributed by atoms with van der Waals surface area (Å²) < 4.78 is 13.9. The molecular formula is C37H43FN10O5. The number of nitrogen functional groups attached to an aromatic ring is 1. The van der Waals surface area contributed by atoms with Crippen LogP contribution in [0.4, 0.5) is 26.4 Å². The molecule has 278 valence electrons. The third-order valence-corrected chi connectivity index (χ3v) is 11.4. The van der Waals surface area contributed by atoms with E-state index in [0.717, 1.165) is 106 Å². The summed E-state index contributed by atoms with van der Waals surface area (Å²) in [6.45, 7) is 8.24. The fraction of sp³-hybridized carbons (Fsp3) is 0.459. The number of hydrogen-bond donors (Lipinski definition) is 3. The van der Waals surface area contributed by atoms with Gasteiger partial charge < -0.3 is 25.5 Å². The zero-order valence-electron chi connectivity index (χ0n) is 29.4. The minimum absolute atomic E-state index is 0.0214. The number of fused-ring (bicyclic) bond motifs is 1. The van der Waals surface area contributed by atoms with Gasteiger partial charge in [0.15, 0.2) is 5.82 Å². The minimum atomic E-state index is -0.770. The van der Waals surface area contributed by atoms with Crippen LogP contribution in [0.25, 0.3) is 11.3 Å². The molecule has 5 amide bonds. The second kappa shape index (κ2) is 14.2. The number of carbonyl (C=O) groups excluding carboxylic acids is 4. The number of phenolic OH excluding ortho intramolecular Hbond substituents is 1. The predicted octanol–water partition coefficient (Wildman–Crippen LogP) is 2.53. The number of urea groups is 1. The zero-order chi connectivity index (χ0) is 36.8. The Hall–Kier alpha value is -5.35. The molecule has 8 rings (SSSR count). The summed E-state index contributed by atoms with van der Waals surface area (Å²) in [6.07, 6.45) is 4.36. The zero-order valence-corrected chi connectivity index (χ0v) is 29.4. The molecule has 0 saturated carbocycles. The van der Waals surface area contributed by atoms with E-state index < -0.39 is 29.6 Å². The summed E-state index contributed by atoms with van der Waals surface area (Å²) in [5.41, 5.74) is 9.03. The highest BCUT2D eigenvalue weighted by Crippen LogP contribution is 2.34. The first-order chi connectivity index (χ1) is 25.6. The van der Waals surface area contributed by atoms with Crippen LogP contribution in [0.5, 0.6) is 5.75 Å². The number of benzene rings is 2. The Morgan fingerprint density at radius 1 is 0.774 bits per heavy atom. The van der Waals surface area contributed by atoms with E-state index in [1.807, 2.05) is 6.07 Å². The van der Waals surface area contributed by atoms with E-state index in [4.69, 9.17) is 5.73 Å². The van der Waals surface area contributed by atoms with E-state index in [0.29, 0.717) is 23.5 Å². The van der Waals surface area contributed by atoms with Crippen LogP contribution in [0.1, 0.15) is 52.8 Å². The lowest BCUT2D eigenvalue weighted by atomic mass is 9.92. The normalized spacial score (nSPS) is 21.1. The molecule has 0 spiro atoms. The molecule has 6 heterocycles. The van der Waals surface area contributed by atoms with Gasteiger partial charge in [-0.05, 0) is 87.2 Å². The van der Waals surface area contributed by atoms with Crippen molar-refractivity contribution >= 4 is 40.9 Å². The van der Waals surface area contributed by atoms with Crippen molar-refractivity contribution in [1.29, 1.82) is 0 Å². The smallest absolute Gasteiger partial charge is 0.343 e. The number of imide groups is 2. The number of anilines is 3. The number of likely N-dealkylation sites (tertiary alicyclic amines) is 1. The van der Waals surface area contributed by atoms with Crippen LogP contribution in [-0.2, 0) is 4.79 Å². The van der Waals surface area contributed by atoms with Gasteiger partial charge in [-0.3, -0.25) is 24.6 Å². The third-order valence-electron chi connectivity index (χ3n) is 11.4. The van der Waals surface area contributed by atoms with E-state index in [1.54, 1.807) is 18.2 Å². The number of aromatic nitrogens is 2. The van der Waals surface area contributed by atoms with Crippen LogP contribution in [0, 0.1) is 11.7 Å². The summed E-state index contributed by atoms with van der Waals surface area (Å²) in [4.78, 5) is 59.9. The average Bonchev–Trinajstić information content (AvgIpc) is 3.41. The quantitative estimate of drug-likeness (QED) is 0.305. The molecule has 16 heteroatoms. The number of phenols is 1. The van der Waals surface area contributed by atoms with E-state index >= 15 is 0 Å². The van der Waals surface area contributed by atoms with Crippen LogP contribution in [-0.4, -0.2) is 130 Å². The molecule has 15 nitrogen and oxygen atoms in total.